The van der Waals surface area contributed by atoms with E-state index < -0.39 is 22.4 Å². The smallest absolute Gasteiger partial charge is 0.243 e. The topological polar surface area (TPSA) is 57.6 Å². The highest BCUT2D eigenvalue weighted by atomic mass is 32.2. The lowest BCUT2D eigenvalue weighted by atomic mass is 9.93. The third kappa shape index (κ3) is 2.80. The zero-order valence-electron chi connectivity index (χ0n) is 11.1. The van der Waals surface area contributed by atoms with Crippen molar-refractivity contribution in [3.8, 4) is 0 Å². The Labute approximate surface area is 112 Å². The molecular formula is C13H18FNO3S. The molecule has 106 valence electrons. The Morgan fingerprint density at radius 1 is 1.42 bits per heavy atom. The van der Waals surface area contributed by atoms with Crippen molar-refractivity contribution in [3.05, 3.63) is 29.6 Å². The summed E-state index contributed by atoms with van der Waals surface area (Å²) in [6.07, 6.45) is 0.774. The predicted octanol–water partition coefficient (Wildman–Crippen LogP) is 1.74. The van der Waals surface area contributed by atoms with Crippen LogP contribution in [0.4, 0.5) is 4.39 Å². The molecule has 0 amide bonds. The number of aliphatic hydroxyl groups excluding tert-OH is 1. The molecule has 1 aliphatic heterocycles. The molecule has 1 heterocycles. The lowest BCUT2D eigenvalue weighted by molar-refractivity contribution is 0.277. The summed E-state index contributed by atoms with van der Waals surface area (Å²) in [6, 6.07) is 3.44. The first-order valence-electron chi connectivity index (χ1n) is 6.16. The van der Waals surface area contributed by atoms with Crippen molar-refractivity contribution in [2.45, 2.75) is 31.8 Å². The van der Waals surface area contributed by atoms with E-state index in [0.29, 0.717) is 13.1 Å². The van der Waals surface area contributed by atoms with Gasteiger partial charge in [0.25, 0.3) is 0 Å². The first-order valence-corrected chi connectivity index (χ1v) is 7.60. The van der Waals surface area contributed by atoms with E-state index in [-0.39, 0.29) is 15.9 Å². The van der Waals surface area contributed by atoms with Gasteiger partial charge >= 0.3 is 0 Å². The quantitative estimate of drug-likeness (QED) is 0.921. The van der Waals surface area contributed by atoms with Gasteiger partial charge in [-0.3, -0.25) is 0 Å². The summed E-state index contributed by atoms with van der Waals surface area (Å²) >= 11 is 0. The SMILES string of the molecule is CC1(C)CCN(S(=O)(=O)c2cc(F)ccc2CO)C1. The Morgan fingerprint density at radius 3 is 2.63 bits per heavy atom. The van der Waals surface area contributed by atoms with Gasteiger partial charge in [-0.15, -0.1) is 0 Å². The molecule has 1 aliphatic rings. The van der Waals surface area contributed by atoms with Crippen LogP contribution in [0.3, 0.4) is 0 Å². The van der Waals surface area contributed by atoms with E-state index in [4.69, 9.17) is 0 Å². The molecule has 0 saturated carbocycles. The molecule has 0 spiro atoms. The Morgan fingerprint density at radius 2 is 2.11 bits per heavy atom. The van der Waals surface area contributed by atoms with E-state index in [1.54, 1.807) is 0 Å². The average Bonchev–Trinajstić information content (AvgIpc) is 2.70. The molecule has 1 saturated heterocycles. The molecule has 4 nitrogen and oxygen atoms in total. The first-order chi connectivity index (χ1) is 8.76. The standard InChI is InChI=1S/C13H18FNO3S/c1-13(2)5-6-15(9-13)19(17,18)12-7-11(14)4-3-10(12)8-16/h3-4,7,16H,5-6,8-9H2,1-2H3. The van der Waals surface area contributed by atoms with Crippen LogP contribution >= 0.6 is 0 Å². The van der Waals surface area contributed by atoms with E-state index in [1.807, 2.05) is 13.8 Å². The number of aliphatic hydroxyl groups is 1. The summed E-state index contributed by atoms with van der Waals surface area (Å²) in [7, 11) is -3.74. The fourth-order valence-corrected chi connectivity index (χ4v) is 4.16. The van der Waals surface area contributed by atoms with Gasteiger partial charge in [0, 0.05) is 13.1 Å². The number of rotatable bonds is 3. The van der Waals surface area contributed by atoms with Gasteiger partial charge in [-0.1, -0.05) is 19.9 Å². The molecule has 19 heavy (non-hydrogen) atoms. The Hall–Kier alpha value is -0.980. The molecule has 0 bridgehead atoms. The zero-order valence-corrected chi connectivity index (χ0v) is 11.9. The molecule has 0 radical (unpaired) electrons. The minimum absolute atomic E-state index is 0.0697. The second-order valence-corrected chi connectivity index (χ2v) is 7.57. The number of nitrogens with zero attached hydrogens (tertiary/aromatic N) is 1. The van der Waals surface area contributed by atoms with E-state index in [1.165, 1.54) is 10.4 Å². The van der Waals surface area contributed by atoms with Crippen LogP contribution in [0.1, 0.15) is 25.8 Å². The van der Waals surface area contributed by atoms with Crippen molar-refractivity contribution >= 4 is 10.0 Å². The molecule has 1 aromatic carbocycles. The van der Waals surface area contributed by atoms with Gasteiger partial charge in [0.1, 0.15) is 5.82 Å². The molecule has 1 N–H and O–H groups in total. The van der Waals surface area contributed by atoms with Gasteiger partial charge in [0.05, 0.1) is 11.5 Å². The molecule has 1 aromatic rings. The number of halogens is 1. The highest BCUT2D eigenvalue weighted by Crippen LogP contribution is 2.33. The number of sulfonamides is 1. The third-order valence-electron chi connectivity index (χ3n) is 3.46. The highest BCUT2D eigenvalue weighted by molar-refractivity contribution is 7.89. The fourth-order valence-electron chi connectivity index (χ4n) is 2.31. The molecule has 0 unspecified atom stereocenters. The summed E-state index contributed by atoms with van der Waals surface area (Å²) in [5.41, 5.74) is 0.158. The normalized spacial score (nSPS) is 19.8. The van der Waals surface area contributed by atoms with Crippen molar-refractivity contribution in [1.29, 1.82) is 0 Å². The third-order valence-corrected chi connectivity index (χ3v) is 5.39. The largest absolute Gasteiger partial charge is 0.392 e. The van der Waals surface area contributed by atoms with E-state index in [0.717, 1.165) is 18.6 Å². The highest BCUT2D eigenvalue weighted by Gasteiger charge is 2.37. The molecular weight excluding hydrogens is 269 g/mol. The predicted molar refractivity (Wildman–Crippen MR) is 69.5 cm³/mol. The minimum atomic E-state index is -3.74. The Kier molecular flexibility index (Phi) is 3.68. The van der Waals surface area contributed by atoms with E-state index >= 15 is 0 Å². The second kappa shape index (κ2) is 4.85. The van der Waals surface area contributed by atoms with Crippen LogP contribution in [0, 0.1) is 11.2 Å². The summed E-state index contributed by atoms with van der Waals surface area (Å²) in [4.78, 5) is -0.132. The second-order valence-electron chi connectivity index (χ2n) is 5.66. The lowest BCUT2D eigenvalue weighted by Crippen LogP contribution is -2.31. The lowest BCUT2D eigenvalue weighted by Gasteiger charge is -2.20. The van der Waals surface area contributed by atoms with Crippen LogP contribution in [0.2, 0.25) is 0 Å². The van der Waals surface area contributed by atoms with Gasteiger partial charge in [0.2, 0.25) is 10.0 Å². The van der Waals surface area contributed by atoms with Crippen molar-refractivity contribution < 1.29 is 17.9 Å². The maximum Gasteiger partial charge on any atom is 0.243 e. The van der Waals surface area contributed by atoms with Gasteiger partial charge in [-0.2, -0.15) is 4.31 Å². The Bertz CT molecular complexity index is 584. The number of hydrogen-bond acceptors (Lipinski definition) is 3. The van der Waals surface area contributed by atoms with Crippen LogP contribution in [0.25, 0.3) is 0 Å². The maximum atomic E-state index is 13.3. The minimum Gasteiger partial charge on any atom is -0.392 e. The van der Waals surface area contributed by atoms with Crippen LogP contribution in [-0.2, 0) is 16.6 Å². The van der Waals surface area contributed by atoms with Crippen molar-refractivity contribution in [1.82, 2.24) is 4.31 Å². The first kappa shape index (κ1) is 14.4. The Balaban J connectivity index is 2.43. The van der Waals surface area contributed by atoms with Crippen LogP contribution < -0.4 is 0 Å². The zero-order chi connectivity index (χ0) is 14.3. The summed E-state index contributed by atoms with van der Waals surface area (Å²) < 4.78 is 39.7. The molecule has 6 heteroatoms. The van der Waals surface area contributed by atoms with Gasteiger partial charge < -0.3 is 5.11 Å². The van der Waals surface area contributed by atoms with Gasteiger partial charge in [-0.25, -0.2) is 12.8 Å². The van der Waals surface area contributed by atoms with Gasteiger partial charge in [-0.05, 0) is 29.5 Å². The fraction of sp³-hybridized carbons (Fsp3) is 0.538. The van der Waals surface area contributed by atoms with Crippen LogP contribution in [-0.4, -0.2) is 30.9 Å². The summed E-state index contributed by atoms with van der Waals surface area (Å²) in [6.45, 7) is 4.42. The van der Waals surface area contributed by atoms with Gasteiger partial charge in [0.15, 0.2) is 0 Å². The molecule has 0 aromatic heterocycles. The summed E-state index contributed by atoms with van der Waals surface area (Å²) in [5.74, 6) is -0.616. The molecule has 0 atom stereocenters. The van der Waals surface area contributed by atoms with Crippen molar-refractivity contribution in [2.75, 3.05) is 13.1 Å². The summed E-state index contributed by atoms with van der Waals surface area (Å²) in [5, 5.41) is 9.21. The van der Waals surface area contributed by atoms with Crippen molar-refractivity contribution in [3.63, 3.8) is 0 Å². The monoisotopic (exact) mass is 287 g/mol. The van der Waals surface area contributed by atoms with Crippen LogP contribution in [0.15, 0.2) is 23.1 Å². The van der Waals surface area contributed by atoms with Crippen molar-refractivity contribution in [2.24, 2.45) is 5.41 Å². The van der Waals surface area contributed by atoms with E-state index in [9.17, 15) is 17.9 Å². The molecule has 2 rings (SSSR count). The number of hydrogen-bond donors (Lipinski definition) is 1. The average molecular weight is 287 g/mol. The van der Waals surface area contributed by atoms with E-state index in [2.05, 4.69) is 0 Å². The maximum absolute atomic E-state index is 13.3. The van der Waals surface area contributed by atoms with Crippen LogP contribution in [0.5, 0.6) is 0 Å². The molecule has 1 fully saturated rings. The number of benzene rings is 1. The molecule has 0 aliphatic carbocycles.